The summed E-state index contributed by atoms with van der Waals surface area (Å²) in [5, 5.41) is 0. The van der Waals surface area contributed by atoms with E-state index >= 15 is 0 Å². The molecule has 0 aliphatic heterocycles. The third kappa shape index (κ3) is 3.77. The summed E-state index contributed by atoms with van der Waals surface area (Å²) in [6.07, 6.45) is 4.78. The number of nitrogens with zero attached hydrogens (tertiary/aromatic N) is 2. The van der Waals surface area contributed by atoms with E-state index in [1.807, 2.05) is 44.2 Å². The van der Waals surface area contributed by atoms with Crippen molar-refractivity contribution in [2.24, 2.45) is 0 Å². The Morgan fingerprint density at radius 2 is 1.73 bits per heavy atom. The summed E-state index contributed by atoms with van der Waals surface area (Å²) in [5.41, 5.74) is 0. The van der Waals surface area contributed by atoms with Gasteiger partial charge in [-0.05, 0) is 12.1 Å². The first-order chi connectivity index (χ1) is 7.45. The smallest absolute Gasteiger partial charge is 0.237 e. The molecular weight excluding hydrogens is 188 g/mol. The predicted octanol–water partition coefficient (Wildman–Crippen LogP) is 3.30. The molecule has 0 amide bonds. The average molecular weight is 202 g/mol. The monoisotopic (exact) mass is 202 g/mol. The van der Waals surface area contributed by atoms with Gasteiger partial charge in [0.15, 0.2) is 0 Å². The van der Waals surface area contributed by atoms with Crippen molar-refractivity contribution in [3.63, 3.8) is 0 Å². The molecule has 3 heteroatoms. The molecule has 0 fully saturated rings. The lowest BCUT2D eigenvalue weighted by Gasteiger charge is -2.01. The summed E-state index contributed by atoms with van der Waals surface area (Å²) in [4.78, 5) is 7.88. The van der Waals surface area contributed by atoms with Gasteiger partial charge in [0.2, 0.25) is 5.88 Å². The molecule has 15 heavy (non-hydrogen) atoms. The van der Waals surface area contributed by atoms with Gasteiger partial charge in [0.25, 0.3) is 0 Å². The van der Waals surface area contributed by atoms with Gasteiger partial charge in [-0.1, -0.05) is 32.0 Å². The third-order valence-corrected chi connectivity index (χ3v) is 1.51. The molecule has 0 spiro atoms. The summed E-state index contributed by atoms with van der Waals surface area (Å²) in [6.45, 7) is 4.00. The molecule has 0 N–H and O–H groups in total. The molecular formula is C12H14N2O. The van der Waals surface area contributed by atoms with Crippen molar-refractivity contribution in [2.45, 2.75) is 13.8 Å². The van der Waals surface area contributed by atoms with Crippen LogP contribution in [0.25, 0.3) is 0 Å². The quantitative estimate of drug-likeness (QED) is 0.749. The van der Waals surface area contributed by atoms with Gasteiger partial charge in [0.1, 0.15) is 5.75 Å². The summed E-state index contributed by atoms with van der Waals surface area (Å²) < 4.78 is 5.40. The predicted molar refractivity (Wildman–Crippen MR) is 59.9 cm³/mol. The van der Waals surface area contributed by atoms with Gasteiger partial charge < -0.3 is 4.74 Å². The SMILES string of the molecule is CC.c1ccc(Oc2cnccn2)cc1. The number of benzene rings is 1. The minimum Gasteiger partial charge on any atom is -0.438 e. The zero-order chi connectivity index (χ0) is 10.9. The molecule has 2 aromatic rings. The fourth-order valence-corrected chi connectivity index (χ4v) is 0.947. The Balaban J connectivity index is 0.000000531. The van der Waals surface area contributed by atoms with E-state index in [1.165, 1.54) is 0 Å². The van der Waals surface area contributed by atoms with Crippen molar-refractivity contribution < 1.29 is 4.74 Å². The second-order valence-corrected chi connectivity index (χ2v) is 2.46. The van der Waals surface area contributed by atoms with Crippen molar-refractivity contribution in [1.82, 2.24) is 9.97 Å². The normalized spacial score (nSPS) is 8.67. The Kier molecular flexibility index (Phi) is 4.87. The van der Waals surface area contributed by atoms with Crippen LogP contribution in [0.5, 0.6) is 11.6 Å². The van der Waals surface area contributed by atoms with Gasteiger partial charge >= 0.3 is 0 Å². The van der Waals surface area contributed by atoms with Crippen LogP contribution in [0.2, 0.25) is 0 Å². The highest BCUT2D eigenvalue weighted by Crippen LogP contribution is 2.16. The van der Waals surface area contributed by atoms with Gasteiger partial charge in [-0.15, -0.1) is 0 Å². The van der Waals surface area contributed by atoms with Gasteiger partial charge in [-0.2, -0.15) is 0 Å². The van der Waals surface area contributed by atoms with Gasteiger partial charge in [0.05, 0.1) is 6.20 Å². The van der Waals surface area contributed by atoms with E-state index in [1.54, 1.807) is 18.6 Å². The van der Waals surface area contributed by atoms with Gasteiger partial charge in [0, 0.05) is 12.4 Å². The number of ether oxygens (including phenoxy) is 1. The Bertz CT molecular complexity index is 324. The molecule has 0 unspecified atom stereocenters. The zero-order valence-electron chi connectivity index (χ0n) is 8.92. The molecule has 1 aromatic heterocycles. The molecule has 0 bridgehead atoms. The van der Waals surface area contributed by atoms with Crippen LogP contribution in [0.15, 0.2) is 48.9 Å². The first-order valence-electron chi connectivity index (χ1n) is 4.94. The van der Waals surface area contributed by atoms with Crippen LogP contribution in [0.3, 0.4) is 0 Å². The first kappa shape index (κ1) is 11.2. The lowest BCUT2D eigenvalue weighted by Crippen LogP contribution is -1.86. The fourth-order valence-electron chi connectivity index (χ4n) is 0.947. The molecule has 78 valence electrons. The molecule has 0 atom stereocenters. The molecule has 0 saturated heterocycles. The topological polar surface area (TPSA) is 35.0 Å². The Morgan fingerprint density at radius 3 is 2.33 bits per heavy atom. The highest BCUT2D eigenvalue weighted by molar-refractivity contribution is 5.25. The summed E-state index contributed by atoms with van der Waals surface area (Å²) in [6, 6.07) is 9.49. The lowest BCUT2D eigenvalue weighted by molar-refractivity contribution is 0.460. The van der Waals surface area contributed by atoms with Crippen molar-refractivity contribution in [3.05, 3.63) is 48.9 Å². The van der Waals surface area contributed by atoms with Crippen LogP contribution >= 0.6 is 0 Å². The molecule has 0 radical (unpaired) electrons. The van der Waals surface area contributed by atoms with Crippen LogP contribution < -0.4 is 4.74 Å². The lowest BCUT2D eigenvalue weighted by atomic mass is 10.3. The zero-order valence-corrected chi connectivity index (χ0v) is 8.92. The summed E-state index contributed by atoms with van der Waals surface area (Å²) in [5.74, 6) is 1.27. The second-order valence-electron chi connectivity index (χ2n) is 2.46. The summed E-state index contributed by atoms with van der Waals surface area (Å²) in [7, 11) is 0. The molecule has 0 aliphatic rings. The minimum absolute atomic E-state index is 0.508. The van der Waals surface area contributed by atoms with Crippen LogP contribution in [0, 0.1) is 0 Å². The van der Waals surface area contributed by atoms with E-state index < -0.39 is 0 Å². The fraction of sp³-hybridized carbons (Fsp3) is 0.167. The van der Waals surface area contributed by atoms with Gasteiger partial charge in [-0.3, -0.25) is 4.98 Å². The number of para-hydroxylation sites is 1. The van der Waals surface area contributed by atoms with E-state index in [2.05, 4.69) is 9.97 Å². The number of aromatic nitrogens is 2. The van der Waals surface area contributed by atoms with Gasteiger partial charge in [-0.25, -0.2) is 4.98 Å². The Morgan fingerprint density at radius 1 is 1.00 bits per heavy atom. The van der Waals surface area contributed by atoms with Crippen LogP contribution in [-0.2, 0) is 0 Å². The average Bonchev–Trinajstić information content (AvgIpc) is 2.34. The van der Waals surface area contributed by atoms with Crippen LogP contribution in [-0.4, -0.2) is 9.97 Å². The molecule has 1 aromatic carbocycles. The second kappa shape index (κ2) is 6.54. The van der Waals surface area contributed by atoms with Crippen LogP contribution in [0.1, 0.15) is 13.8 Å². The number of rotatable bonds is 2. The van der Waals surface area contributed by atoms with Crippen molar-refractivity contribution in [1.29, 1.82) is 0 Å². The highest BCUT2D eigenvalue weighted by Gasteiger charge is 1.94. The highest BCUT2D eigenvalue weighted by atomic mass is 16.5. The Labute approximate surface area is 89.8 Å². The maximum absolute atomic E-state index is 5.40. The number of hydrogen-bond donors (Lipinski definition) is 0. The molecule has 0 aliphatic carbocycles. The summed E-state index contributed by atoms with van der Waals surface area (Å²) >= 11 is 0. The maximum atomic E-state index is 5.40. The van der Waals surface area contributed by atoms with Crippen molar-refractivity contribution >= 4 is 0 Å². The third-order valence-electron chi connectivity index (χ3n) is 1.51. The van der Waals surface area contributed by atoms with E-state index in [4.69, 9.17) is 4.74 Å². The molecule has 2 rings (SSSR count). The van der Waals surface area contributed by atoms with Crippen molar-refractivity contribution in [2.75, 3.05) is 0 Å². The van der Waals surface area contributed by atoms with Crippen LogP contribution in [0.4, 0.5) is 0 Å². The molecule has 0 saturated carbocycles. The maximum Gasteiger partial charge on any atom is 0.237 e. The molecule has 1 heterocycles. The minimum atomic E-state index is 0.508. The van der Waals surface area contributed by atoms with E-state index in [0.717, 1.165) is 5.75 Å². The Hall–Kier alpha value is -1.90. The largest absolute Gasteiger partial charge is 0.438 e. The van der Waals surface area contributed by atoms with E-state index in [0.29, 0.717) is 5.88 Å². The van der Waals surface area contributed by atoms with Crippen molar-refractivity contribution in [3.8, 4) is 11.6 Å². The molecule has 3 nitrogen and oxygen atoms in total. The van der Waals surface area contributed by atoms with E-state index in [9.17, 15) is 0 Å². The van der Waals surface area contributed by atoms with E-state index in [-0.39, 0.29) is 0 Å². The number of hydrogen-bond acceptors (Lipinski definition) is 3. The standard InChI is InChI=1S/C10H8N2O.C2H6/c1-2-4-9(5-3-1)13-10-8-11-6-7-12-10;1-2/h1-8H;1-2H3. The first-order valence-corrected chi connectivity index (χ1v) is 4.94.